The lowest BCUT2D eigenvalue weighted by molar-refractivity contribution is 0.609. The normalized spacial score (nSPS) is 15.0. The molecule has 0 saturated carbocycles. The number of fused-ring (bicyclic) bond motifs is 1. The van der Waals surface area contributed by atoms with Crippen LogP contribution in [0.1, 0.15) is 5.56 Å². The van der Waals surface area contributed by atoms with Crippen LogP contribution in [0, 0.1) is 5.82 Å². The van der Waals surface area contributed by atoms with Gasteiger partial charge in [0.1, 0.15) is 5.82 Å². The Labute approximate surface area is 196 Å². The van der Waals surface area contributed by atoms with E-state index in [0.29, 0.717) is 24.4 Å². The third kappa shape index (κ3) is 4.53. The Bertz CT molecular complexity index is 1360. The van der Waals surface area contributed by atoms with E-state index in [-0.39, 0.29) is 21.3 Å². The number of rotatable bonds is 5. The smallest absolute Gasteiger partial charge is 0.311 e. The lowest BCUT2D eigenvalue weighted by atomic mass is 10.2. The van der Waals surface area contributed by atoms with Crippen molar-refractivity contribution in [3.05, 3.63) is 61.7 Å². The van der Waals surface area contributed by atoms with Crippen LogP contribution in [0.15, 0.2) is 34.7 Å². The maximum Gasteiger partial charge on any atom is 0.311 e. The molecule has 2 aromatic heterocycles. The molecule has 0 atom stereocenters. The number of nitrogens with one attached hydrogen (secondary N) is 1. The summed E-state index contributed by atoms with van der Waals surface area (Å²) in [6.45, 7) is 1.38. The quantitative estimate of drug-likeness (QED) is 0.498. The van der Waals surface area contributed by atoms with Gasteiger partial charge in [-0.1, -0.05) is 23.2 Å². The highest BCUT2D eigenvalue weighted by molar-refractivity contribution is 7.99. The highest BCUT2D eigenvalue weighted by Gasteiger charge is 2.23. The van der Waals surface area contributed by atoms with E-state index in [1.165, 1.54) is 16.9 Å². The fraction of sp³-hybridized carbons (Fsp3) is 0.222. The Morgan fingerprint density at radius 2 is 1.88 bits per heavy atom. The van der Waals surface area contributed by atoms with Crippen LogP contribution in [-0.2, 0) is 10.0 Å². The summed E-state index contributed by atoms with van der Waals surface area (Å²) in [5, 5.41) is 0.768. The van der Waals surface area contributed by atoms with Gasteiger partial charge >= 0.3 is 5.56 Å². The van der Waals surface area contributed by atoms with Gasteiger partial charge in [-0.2, -0.15) is 16.6 Å². The minimum atomic E-state index is -4.02. The lowest BCUT2D eigenvalue weighted by Crippen LogP contribution is -2.37. The average Bonchev–Trinajstić information content (AvgIpc) is 2.97. The third-order valence-corrected chi connectivity index (χ3v) is 7.29. The Morgan fingerprint density at radius 1 is 1.22 bits per heavy atom. The van der Waals surface area contributed by atoms with Crippen molar-refractivity contribution >= 4 is 68.1 Å². The first-order valence-corrected chi connectivity index (χ1v) is 12.7. The standard InChI is InChI=1S/C18H17Cl2FN6O3S2/c19-14-7-11(21)8-15(20)13(14)1-6-32(29,30)24-12-9-23-17-16(25-2-4-31-5-3-25)18(28)27(22)26(17)10-12/h1,6-10,24H,2-5,22H2. The minimum Gasteiger partial charge on any atom is -0.362 e. The van der Waals surface area contributed by atoms with Crippen molar-refractivity contribution < 1.29 is 12.8 Å². The summed E-state index contributed by atoms with van der Waals surface area (Å²) < 4.78 is 41.9. The molecular formula is C18H17Cl2FN6O3S2. The molecule has 1 aliphatic heterocycles. The summed E-state index contributed by atoms with van der Waals surface area (Å²) in [6.07, 6.45) is 3.80. The summed E-state index contributed by atoms with van der Waals surface area (Å²) >= 11 is 13.7. The van der Waals surface area contributed by atoms with Gasteiger partial charge in [0.15, 0.2) is 11.3 Å². The first kappa shape index (κ1) is 22.8. The lowest BCUT2D eigenvalue weighted by Gasteiger charge is -2.26. The predicted molar refractivity (Wildman–Crippen MR) is 127 cm³/mol. The largest absolute Gasteiger partial charge is 0.362 e. The Morgan fingerprint density at radius 3 is 2.53 bits per heavy atom. The van der Waals surface area contributed by atoms with Gasteiger partial charge in [-0.05, 0) is 18.2 Å². The van der Waals surface area contributed by atoms with Crippen LogP contribution in [0.3, 0.4) is 0 Å². The number of nitrogens with zero attached hydrogens (tertiary/aromatic N) is 4. The van der Waals surface area contributed by atoms with Crippen LogP contribution < -0.4 is 21.0 Å². The van der Waals surface area contributed by atoms with Crippen molar-refractivity contribution in [2.75, 3.05) is 40.1 Å². The number of hydrogen-bond acceptors (Lipinski definition) is 7. The number of benzene rings is 1. The number of thioether (sulfide) groups is 1. The monoisotopic (exact) mass is 518 g/mol. The van der Waals surface area contributed by atoms with Crippen molar-refractivity contribution in [1.29, 1.82) is 0 Å². The minimum absolute atomic E-state index is 0.0346. The Kier molecular flexibility index (Phi) is 6.30. The number of halogens is 3. The van der Waals surface area contributed by atoms with Crippen LogP contribution in [-0.4, -0.2) is 47.3 Å². The van der Waals surface area contributed by atoms with E-state index in [9.17, 15) is 17.6 Å². The van der Waals surface area contributed by atoms with Gasteiger partial charge in [-0.15, -0.1) is 0 Å². The molecule has 1 aliphatic rings. The zero-order chi connectivity index (χ0) is 23.0. The predicted octanol–water partition coefficient (Wildman–Crippen LogP) is 2.62. The molecule has 1 fully saturated rings. The van der Waals surface area contributed by atoms with E-state index in [1.807, 2.05) is 4.90 Å². The number of anilines is 2. The Hall–Kier alpha value is -2.41. The molecule has 0 unspecified atom stereocenters. The summed E-state index contributed by atoms with van der Waals surface area (Å²) in [7, 11) is -4.02. The molecule has 3 N–H and O–H groups in total. The van der Waals surface area contributed by atoms with Crippen molar-refractivity contribution in [2.24, 2.45) is 0 Å². The van der Waals surface area contributed by atoms with Crippen LogP contribution in [0.4, 0.5) is 15.8 Å². The molecule has 0 spiro atoms. The molecular weight excluding hydrogens is 502 g/mol. The molecule has 9 nitrogen and oxygen atoms in total. The fourth-order valence-electron chi connectivity index (χ4n) is 3.24. The fourth-order valence-corrected chi connectivity index (χ4v) is 5.54. The number of nitrogens with two attached hydrogens (primary N) is 1. The number of sulfonamides is 1. The maximum absolute atomic E-state index is 13.3. The van der Waals surface area contributed by atoms with Crippen molar-refractivity contribution in [3.63, 3.8) is 0 Å². The zero-order valence-electron chi connectivity index (χ0n) is 16.3. The van der Waals surface area contributed by atoms with Gasteiger partial charge in [0.25, 0.3) is 10.0 Å². The second kappa shape index (κ2) is 8.85. The summed E-state index contributed by atoms with van der Waals surface area (Å²) in [6, 6.07) is 2.05. The molecule has 0 radical (unpaired) electrons. The topological polar surface area (TPSA) is 115 Å². The van der Waals surface area contributed by atoms with Gasteiger partial charge in [0.05, 0.1) is 33.5 Å². The number of nitrogen functional groups attached to an aromatic ring is 1. The Balaban J connectivity index is 1.63. The molecule has 32 heavy (non-hydrogen) atoms. The molecule has 14 heteroatoms. The van der Waals surface area contributed by atoms with E-state index in [2.05, 4.69) is 9.71 Å². The molecule has 0 bridgehead atoms. The second-order valence-electron chi connectivity index (χ2n) is 6.84. The molecule has 0 aliphatic carbocycles. The first-order chi connectivity index (χ1) is 15.2. The SMILES string of the molecule is Nn1c(=O)c(N2CCSCC2)c2ncc(NS(=O)(=O)C=Cc3c(Cl)cc(F)cc3Cl)cn21. The van der Waals surface area contributed by atoms with Crippen LogP contribution in [0.5, 0.6) is 0 Å². The molecule has 3 heterocycles. The van der Waals surface area contributed by atoms with Crippen LogP contribution in [0.25, 0.3) is 11.7 Å². The van der Waals surface area contributed by atoms with Crippen LogP contribution >= 0.6 is 35.0 Å². The molecule has 0 amide bonds. The highest BCUT2D eigenvalue weighted by atomic mass is 35.5. The molecule has 1 saturated heterocycles. The molecule has 170 valence electrons. The van der Waals surface area contributed by atoms with E-state index >= 15 is 0 Å². The van der Waals surface area contributed by atoms with Gasteiger partial charge < -0.3 is 10.7 Å². The summed E-state index contributed by atoms with van der Waals surface area (Å²) in [5.41, 5.74) is 0.507. The summed E-state index contributed by atoms with van der Waals surface area (Å²) in [5.74, 6) is 7.03. The van der Waals surface area contributed by atoms with Gasteiger partial charge in [0.2, 0.25) is 0 Å². The van der Waals surface area contributed by atoms with E-state index in [1.54, 1.807) is 11.8 Å². The van der Waals surface area contributed by atoms with Gasteiger partial charge in [0, 0.05) is 30.2 Å². The first-order valence-electron chi connectivity index (χ1n) is 9.23. The number of aromatic nitrogens is 3. The van der Waals surface area contributed by atoms with E-state index in [4.69, 9.17) is 29.0 Å². The molecule has 3 aromatic rings. The van der Waals surface area contributed by atoms with Crippen LogP contribution in [0.2, 0.25) is 10.0 Å². The van der Waals surface area contributed by atoms with E-state index < -0.39 is 21.4 Å². The van der Waals surface area contributed by atoms with Crippen molar-refractivity contribution in [3.8, 4) is 0 Å². The highest BCUT2D eigenvalue weighted by Crippen LogP contribution is 2.28. The molecule has 1 aromatic carbocycles. The maximum atomic E-state index is 13.3. The van der Waals surface area contributed by atoms with Gasteiger partial charge in [-0.25, -0.2) is 22.3 Å². The van der Waals surface area contributed by atoms with Crippen molar-refractivity contribution in [1.82, 2.24) is 14.3 Å². The number of hydrogen-bond donors (Lipinski definition) is 2. The molecule has 4 rings (SSSR count). The van der Waals surface area contributed by atoms with Crippen molar-refractivity contribution in [2.45, 2.75) is 0 Å². The average molecular weight is 519 g/mol. The second-order valence-corrected chi connectivity index (χ2v) is 10.4. The summed E-state index contributed by atoms with van der Waals surface area (Å²) in [4.78, 5) is 19.7. The zero-order valence-corrected chi connectivity index (χ0v) is 19.5. The van der Waals surface area contributed by atoms with Gasteiger partial charge in [-0.3, -0.25) is 9.52 Å². The van der Waals surface area contributed by atoms with E-state index in [0.717, 1.165) is 39.9 Å². The third-order valence-electron chi connectivity index (χ3n) is 4.70.